The Kier molecular flexibility index (Phi) is 6.37. The average Bonchev–Trinajstić information content (AvgIpc) is 2.93. The number of anilines is 1. The fourth-order valence-electron chi connectivity index (χ4n) is 3.60. The van der Waals surface area contributed by atoms with E-state index in [0.29, 0.717) is 33.5 Å². The molecule has 0 saturated heterocycles. The van der Waals surface area contributed by atoms with E-state index in [4.69, 9.17) is 4.74 Å². The summed E-state index contributed by atoms with van der Waals surface area (Å²) in [7, 11) is 0. The number of carbonyl (C=O) groups is 1. The number of hydrogen-bond acceptors (Lipinski definition) is 7. The van der Waals surface area contributed by atoms with Gasteiger partial charge in [-0.15, -0.1) is 10.2 Å². The largest absolute Gasteiger partial charge is 0.447 e. The van der Waals surface area contributed by atoms with Crippen molar-refractivity contribution >= 4 is 23.4 Å². The molecule has 2 aromatic carbocycles. The maximum absolute atomic E-state index is 12.9. The molecular formula is C24H23N5O2S. The van der Waals surface area contributed by atoms with Crippen molar-refractivity contribution < 1.29 is 9.53 Å². The predicted octanol–water partition coefficient (Wildman–Crippen LogP) is 5.06. The van der Waals surface area contributed by atoms with Crippen molar-refractivity contribution in [2.75, 3.05) is 10.7 Å². The van der Waals surface area contributed by atoms with E-state index in [1.54, 1.807) is 23.1 Å². The number of aryl methyl sites for hydroxylation is 1. The van der Waals surface area contributed by atoms with Crippen molar-refractivity contribution in [1.29, 1.82) is 5.26 Å². The molecule has 7 nitrogen and oxygen atoms in total. The van der Waals surface area contributed by atoms with Crippen LogP contribution in [0.25, 0.3) is 11.3 Å². The van der Waals surface area contributed by atoms with E-state index in [9.17, 15) is 10.1 Å². The topological polar surface area (TPSA) is 92.0 Å². The van der Waals surface area contributed by atoms with E-state index in [1.165, 1.54) is 18.7 Å². The first-order valence-electron chi connectivity index (χ1n) is 10.5. The van der Waals surface area contributed by atoms with Crippen molar-refractivity contribution in [2.24, 2.45) is 0 Å². The molecule has 1 unspecified atom stereocenters. The monoisotopic (exact) mass is 445 g/mol. The van der Waals surface area contributed by atoms with Gasteiger partial charge in [0.05, 0.1) is 17.3 Å². The lowest BCUT2D eigenvalue weighted by molar-refractivity contribution is -0.118. The second-order valence-corrected chi connectivity index (χ2v) is 8.59. The lowest BCUT2D eigenvalue weighted by Gasteiger charge is -2.30. The maximum atomic E-state index is 12.9. The van der Waals surface area contributed by atoms with Gasteiger partial charge in [0, 0.05) is 23.8 Å². The number of aromatic nitrogens is 3. The van der Waals surface area contributed by atoms with Crippen LogP contribution < -0.4 is 9.64 Å². The van der Waals surface area contributed by atoms with Gasteiger partial charge in [0.1, 0.15) is 0 Å². The normalized spacial score (nSPS) is 14.6. The van der Waals surface area contributed by atoms with Gasteiger partial charge >= 0.3 is 0 Å². The Morgan fingerprint density at radius 2 is 2.06 bits per heavy atom. The van der Waals surface area contributed by atoms with E-state index in [1.807, 2.05) is 31.2 Å². The molecule has 0 radical (unpaired) electrons. The number of thioether (sulfide) groups is 1. The maximum Gasteiger partial charge on any atom is 0.247 e. The first-order chi connectivity index (χ1) is 15.5. The van der Waals surface area contributed by atoms with Gasteiger partial charge in [0.15, 0.2) is 5.69 Å². The third kappa shape index (κ3) is 4.16. The van der Waals surface area contributed by atoms with Crippen LogP contribution in [-0.4, -0.2) is 26.8 Å². The average molecular weight is 446 g/mol. The number of unbranched alkanes of at least 4 members (excludes halogenated alkanes) is 1. The van der Waals surface area contributed by atoms with Gasteiger partial charge in [-0.05, 0) is 31.5 Å². The molecule has 0 aliphatic carbocycles. The summed E-state index contributed by atoms with van der Waals surface area (Å²) in [5.74, 6) is 0.964. The highest BCUT2D eigenvalue weighted by molar-refractivity contribution is 7.99. The second kappa shape index (κ2) is 9.37. The minimum absolute atomic E-state index is 0.217. The van der Waals surface area contributed by atoms with Crippen LogP contribution in [0.2, 0.25) is 0 Å². The molecule has 1 aliphatic rings. The third-order valence-corrected chi connectivity index (χ3v) is 6.10. The SMILES string of the molecule is CCCCSc1nnc2c(n1)OC(c1ccccc1C#N)N(C(C)=O)c1ccc(C)cc1-2. The van der Waals surface area contributed by atoms with E-state index in [2.05, 4.69) is 28.2 Å². The third-order valence-electron chi connectivity index (χ3n) is 5.18. The summed E-state index contributed by atoms with van der Waals surface area (Å²) in [6.07, 6.45) is 1.26. The Bertz CT molecular complexity index is 1210. The first kappa shape index (κ1) is 21.8. The quantitative estimate of drug-likeness (QED) is 0.400. The Balaban J connectivity index is 1.92. The molecule has 32 heavy (non-hydrogen) atoms. The fourth-order valence-corrected chi connectivity index (χ4v) is 4.47. The van der Waals surface area contributed by atoms with Crippen molar-refractivity contribution in [3.63, 3.8) is 0 Å². The van der Waals surface area contributed by atoms with E-state index < -0.39 is 6.23 Å². The number of fused-ring (bicyclic) bond motifs is 3. The molecule has 0 bridgehead atoms. The predicted molar refractivity (Wildman–Crippen MR) is 123 cm³/mol. The van der Waals surface area contributed by atoms with Gasteiger partial charge in [0.2, 0.25) is 23.2 Å². The van der Waals surface area contributed by atoms with Gasteiger partial charge in [-0.3, -0.25) is 9.69 Å². The standard InChI is InChI=1S/C24H23N5O2S/c1-4-5-12-32-24-26-22-21(27-28-24)19-13-15(2)10-11-20(19)29(16(3)30)23(31-22)18-9-7-6-8-17(18)14-25/h6-11,13,23H,4-5,12H2,1-3H3. The van der Waals surface area contributed by atoms with E-state index >= 15 is 0 Å². The Hall–Kier alpha value is -3.44. The van der Waals surface area contributed by atoms with Crippen LogP contribution in [0.1, 0.15) is 49.6 Å². The summed E-state index contributed by atoms with van der Waals surface area (Å²) in [5, 5.41) is 19.0. The first-order valence-corrected chi connectivity index (χ1v) is 11.5. The molecule has 4 rings (SSSR count). The summed E-state index contributed by atoms with van der Waals surface area (Å²) in [4.78, 5) is 19.1. The van der Waals surface area contributed by atoms with Crippen LogP contribution in [0.4, 0.5) is 5.69 Å². The zero-order valence-electron chi connectivity index (χ0n) is 18.2. The molecule has 3 aromatic rings. The molecule has 2 heterocycles. The number of rotatable bonds is 5. The molecule has 162 valence electrons. The molecule has 0 spiro atoms. The van der Waals surface area contributed by atoms with Gasteiger partial charge in [0.25, 0.3) is 0 Å². The van der Waals surface area contributed by atoms with Gasteiger partial charge < -0.3 is 4.74 Å². The number of hydrogen-bond donors (Lipinski definition) is 0. The number of carbonyl (C=O) groups excluding carboxylic acids is 1. The Morgan fingerprint density at radius 1 is 1.25 bits per heavy atom. The zero-order chi connectivity index (χ0) is 22.7. The molecule has 0 fully saturated rings. The van der Waals surface area contributed by atoms with Crippen LogP contribution in [0.3, 0.4) is 0 Å². The lowest BCUT2D eigenvalue weighted by atomic mass is 10.0. The molecule has 0 N–H and O–H groups in total. The zero-order valence-corrected chi connectivity index (χ0v) is 19.0. The number of amides is 1. The highest BCUT2D eigenvalue weighted by Crippen LogP contribution is 2.44. The molecule has 0 saturated carbocycles. The number of benzene rings is 2. The summed E-state index contributed by atoms with van der Waals surface area (Å²) >= 11 is 1.52. The highest BCUT2D eigenvalue weighted by Gasteiger charge is 2.35. The van der Waals surface area contributed by atoms with Gasteiger partial charge in [-0.2, -0.15) is 10.2 Å². The van der Waals surface area contributed by atoms with Gasteiger partial charge in [-0.1, -0.05) is 54.9 Å². The molecule has 1 amide bonds. The molecule has 1 aromatic heterocycles. The number of ether oxygens (including phenoxy) is 1. The van der Waals surface area contributed by atoms with Crippen molar-refractivity contribution in [2.45, 2.75) is 45.0 Å². The lowest BCUT2D eigenvalue weighted by Crippen LogP contribution is -2.36. The molecule has 1 atom stereocenters. The summed E-state index contributed by atoms with van der Waals surface area (Å²) < 4.78 is 6.36. The number of nitriles is 1. The highest BCUT2D eigenvalue weighted by atomic mass is 32.2. The van der Waals surface area contributed by atoms with E-state index in [0.717, 1.165) is 29.7 Å². The minimum atomic E-state index is -0.865. The number of nitrogens with zero attached hydrogens (tertiary/aromatic N) is 5. The molecular weight excluding hydrogens is 422 g/mol. The molecule has 1 aliphatic heterocycles. The van der Waals surface area contributed by atoms with Crippen molar-refractivity contribution in [3.8, 4) is 23.2 Å². The summed E-state index contributed by atoms with van der Waals surface area (Å²) in [5.41, 5.74) is 3.87. The summed E-state index contributed by atoms with van der Waals surface area (Å²) in [6.45, 7) is 5.59. The Labute approximate surface area is 191 Å². The van der Waals surface area contributed by atoms with Crippen LogP contribution in [0, 0.1) is 18.3 Å². The van der Waals surface area contributed by atoms with Crippen LogP contribution in [0.5, 0.6) is 5.88 Å². The summed E-state index contributed by atoms with van der Waals surface area (Å²) in [6, 6.07) is 15.1. The minimum Gasteiger partial charge on any atom is -0.447 e. The van der Waals surface area contributed by atoms with E-state index in [-0.39, 0.29) is 5.91 Å². The van der Waals surface area contributed by atoms with Crippen LogP contribution in [0.15, 0.2) is 47.6 Å². The van der Waals surface area contributed by atoms with Crippen LogP contribution in [-0.2, 0) is 4.79 Å². The van der Waals surface area contributed by atoms with Gasteiger partial charge in [-0.25, -0.2) is 0 Å². The smallest absolute Gasteiger partial charge is 0.247 e. The van der Waals surface area contributed by atoms with Crippen molar-refractivity contribution in [1.82, 2.24) is 15.2 Å². The Morgan fingerprint density at radius 3 is 2.81 bits per heavy atom. The molecule has 8 heteroatoms. The van der Waals surface area contributed by atoms with Crippen molar-refractivity contribution in [3.05, 3.63) is 59.2 Å². The fraction of sp³-hybridized carbons (Fsp3) is 0.292. The van der Waals surface area contributed by atoms with Crippen LogP contribution >= 0.6 is 11.8 Å². The second-order valence-electron chi connectivity index (χ2n) is 7.53.